The molecule has 2 aliphatic rings. The van der Waals surface area contributed by atoms with E-state index in [1.54, 1.807) is 28.0 Å². The van der Waals surface area contributed by atoms with Gasteiger partial charge in [-0.15, -0.1) is 0 Å². The van der Waals surface area contributed by atoms with Crippen LogP contribution < -0.4 is 11.5 Å². The molecule has 0 saturated carbocycles. The van der Waals surface area contributed by atoms with Crippen LogP contribution in [-0.2, 0) is 9.59 Å². The molecule has 0 unspecified atom stereocenters. The normalized spacial score (nSPS) is 12.9. The van der Waals surface area contributed by atoms with Crippen molar-refractivity contribution < 1.29 is 14.4 Å². The summed E-state index contributed by atoms with van der Waals surface area (Å²) >= 11 is 12.1. The van der Waals surface area contributed by atoms with Gasteiger partial charge in [-0.05, 0) is 84.1 Å². The molecular weight excluding hydrogens is 888 g/mol. The van der Waals surface area contributed by atoms with E-state index >= 15 is 0 Å². The van der Waals surface area contributed by atoms with Crippen molar-refractivity contribution in [1.29, 1.82) is 0 Å². The summed E-state index contributed by atoms with van der Waals surface area (Å²) in [6.07, 6.45) is 11.3. The van der Waals surface area contributed by atoms with Crippen LogP contribution in [0.25, 0.3) is 71.5 Å². The molecule has 0 bridgehead atoms. The average Bonchev–Trinajstić information content (AvgIpc) is 3.90. The molecule has 8 aromatic rings. The van der Waals surface area contributed by atoms with E-state index in [9.17, 15) is 14.4 Å². The van der Waals surface area contributed by atoms with Gasteiger partial charge in [0.25, 0.3) is 18.1 Å². The Balaban J connectivity index is 0.000000157. The highest BCUT2D eigenvalue weighted by molar-refractivity contribution is 6.31. The van der Waals surface area contributed by atoms with E-state index in [4.69, 9.17) is 47.8 Å². The number of aromatic nitrogens is 6. The molecule has 10 rings (SSSR count). The fraction of sp³-hybridized carbons (Fsp3) is 0.140. The van der Waals surface area contributed by atoms with Crippen molar-refractivity contribution in [3.63, 3.8) is 0 Å². The number of anilines is 2. The van der Waals surface area contributed by atoms with Crippen LogP contribution in [-0.4, -0.2) is 89.7 Å². The lowest BCUT2D eigenvalue weighted by molar-refractivity contribution is -0.132. The molecule has 6 heterocycles. The van der Waals surface area contributed by atoms with Crippen LogP contribution >= 0.6 is 23.2 Å². The first-order chi connectivity index (χ1) is 32.6. The van der Waals surface area contributed by atoms with E-state index in [0.29, 0.717) is 51.6 Å². The van der Waals surface area contributed by atoms with Crippen LogP contribution in [0.1, 0.15) is 28.8 Å². The smallest absolute Gasteiger partial charge is 0.302 e. The Hall–Kier alpha value is -8.37. The third-order valence-corrected chi connectivity index (χ3v) is 11.7. The lowest BCUT2D eigenvalue weighted by Gasteiger charge is -2.30. The molecule has 15 nitrogen and oxygen atoms in total. The monoisotopic (exact) mass is 926 g/mol. The average molecular weight is 928 g/mol. The van der Waals surface area contributed by atoms with E-state index in [-0.39, 0.29) is 24.1 Å². The Kier molecular flexibility index (Phi) is 13.6. The van der Waals surface area contributed by atoms with Gasteiger partial charge in [-0.2, -0.15) is 0 Å². The SMILES string of the molecule is Nc1ncnc2c1c(-c1ccc(Cl)cc1)cn2-c1cccc(C=O)c1.[C-]#[N+]/C(=C\c1cccc(-n2cc(-c3ccc(Cl)cc3)c3c(N)ncnc32)c1)C(=O)N1CCC1.[C-]#[N+]CC(=O)N1CCC1. The van der Waals surface area contributed by atoms with E-state index in [1.165, 1.54) is 12.7 Å². The van der Waals surface area contributed by atoms with Crippen LogP contribution in [0.2, 0.25) is 10.0 Å². The Morgan fingerprint density at radius 2 is 1.13 bits per heavy atom. The molecule has 0 aliphatic carbocycles. The van der Waals surface area contributed by atoms with E-state index in [0.717, 1.165) is 82.2 Å². The molecule has 67 heavy (non-hydrogen) atoms. The Morgan fingerprint density at radius 3 is 1.57 bits per heavy atom. The largest absolute Gasteiger partial charge is 0.383 e. The van der Waals surface area contributed by atoms with E-state index in [1.807, 2.05) is 106 Å². The molecule has 2 aliphatic heterocycles. The molecule has 2 fully saturated rings. The topological polar surface area (TPSA) is 180 Å². The first-order valence-corrected chi connectivity index (χ1v) is 21.7. The third-order valence-electron chi connectivity index (χ3n) is 11.2. The van der Waals surface area contributed by atoms with Crippen molar-refractivity contribution >= 4 is 81.1 Å². The Morgan fingerprint density at radius 1 is 0.657 bits per heavy atom. The number of nitrogens with two attached hydrogens (primary N) is 2. The van der Waals surface area contributed by atoms with Gasteiger partial charge in [0.1, 0.15) is 30.6 Å². The summed E-state index contributed by atoms with van der Waals surface area (Å²) in [6.45, 7) is 17.0. The summed E-state index contributed by atoms with van der Waals surface area (Å²) in [5.41, 5.74) is 20.5. The second-order valence-electron chi connectivity index (χ2n) is 15.4. The van der Waals surface area contributed by atoms with Gasteiger partial charge in [-0.1, -0.05) is 71.7 Å². The zero-order chi connectivity index (χ0) is 47.0. The van der Waals surface area contributed by atoms with E-state index in [2.05, 4.69) is 29.6 Å². The standard InChI is InChI=1S/C25H19ClN6O.C19H13ClN4O.C6H8N2O/c1-28-21(25(33)31-10-3-11-31)13-16-4-2-5-19(12-16)32-14-20(17-6-8-18(26)9-7-17)22-23(27)29-15-30-24(22)32;20-14-6-4-13(5-7-14)16-9-24(15-3-1-2-12(8-15)10-25)19-17(16)18(21)22-11-23-19;1-7-5-6(9)8-3-2-4-8/h2,4-9,12-15H,3,10-11H2,(H2,27,29,30);1-11H,(H2,21,22,23);2-5H2/b21-13-;;. The summed E-state index contributed by atoms with van der Waals surface area (Å²) < 4.78 is 3.84. The number of aldehydes is 1. The van der Waals surface area contributed by atoms with Gasteiger partial charge in [0.05, 0.1) is 17.3 Å². The number of nitrogens with zero attached hydrogens (tertiary/aromatic N) is 10. The van der Waals surface area contributed by atoms with Gasteiger partial charge in [0.15, 0.2) is 11.3 Å². The zero-order valence-electron chi connectivity index (χ0n) is 35.8. The summed E-state index contributed by atoms with van der Waals surface area (Å²) in [5.74, 6) is 0.547. The molecule has 17 heteroatoms. The van der Waals surface area contributed by atoms with Crippen LogP contribution in [0.3, 0.4) is 0 Å². The molecule has 0 radical (unpaired) electrons. The number of carbonyl (C=O) groups is 3. The van der Waals surface area contributed by atoms with Crippen molar-refractivity contribution in [2.75, 3.05) is 44.2 Å². The quantitative estimate of drug-likeness (QED) is 0.0854. The summed E-state index contributed by atoms with van der Waals surface area (Å²) in [5, 5.41) is 2.82. The summed E-state index contributed by atoms with van der Waals surface area (Å²) in [4.78, 5) is 61.4. The number of hydrogen-bond donors (Lipinski definition) is 2. The first-order valence-electron chi connectivity index (χ1n) is 21.0. The summed E-state index contributed by atoms with van der Waals surface area (Å²) in [7, 11) is 0. The number of nitrogen functional groups attached to an aromatic ring is 2. The van der Waals surface area contributed by atoms with Crippen molar-refractivity contribution in [3.05, 3.63) is 172 Å². The molecule has 332 valence electrons. The minimum absolute atomic E-state index is 0.0174. The lowest BCUT2D eigenvalue weighted by Crippen LogP contribution is -2.42. The molecule has 4 aromatic heterocycles. The maximum absolute atomic E-state index is 12.5. The van der Waals surface area contributed by atoms with Crippen molar-refractivity contribution in [1.82, 2.24) is 38.9 Å². The number of benzene rings is 4. The molecule has 0 spiro atoms. The summed E-state index contributed by atoms with van der Waals surface area (Å²) in [6, 6.07) is 29.9. The van der Waals surface area contributed by atoms with Gasteiger partial charge in [-0.3, -0.25) is 14.4 Å². The minimum atomic E-state index is -0.224. The van der Waals surface area contributed by atoms with Crippen LogP contribution in [0.5, 0.6) is 0 Å². The fourth-order valence-electron chi connectivity index (χ4n) is 7.49. The fourth-order valence-corrected chi connectivity index (χ4v) is 7.74. The van der Waals surface area contributed by atoms with Crippen LogP contribution in [0, 0.1) is 13.1 Å². The Labute approximate surface area is 395 Å². The first kappa shape index (κ1) is 45.2. The third kappa shape index (κ3) is 9.84. The molecular formula is C50H40Cl2N12O3. The number of hydrogen-bond acceptors (Lipinski definition) is 9. The van der Waals surface area contributed by atoms with Crippen molar-refractivity contribution in [2.45, 2.75) is 12.8 Å². The highest BCUT2D eigenvalue weighted by Crippen LogP contribution is 2.36. The lowest BCUT2D eigenvalue weighted by atomic mass is 10.1. The number of fused-ring (bicyclic) bond motifs is 2. The van der Waals surface area contributed by atoms with Gasteiger partial charge >= 0.3 is 5.91 Å². The number of carbonyl (C=O) groups excluding carboxylic acids is 3. The van der Waals surface area contributed by atoms with Gasteiger partial charge in [0.2, 0.25) is 0 Å². The molecule has 4 N–H and O–H groups in total. The highest BCUT2D eigenvalue weighted by atomic mass is 35.5. The molecule has 2 saturated heterocycles. The minimum Gasteiger partial charge on any atom is -0.383 e. The van der Waals surface area contributed by atoms with Gasteiger partial charge < -0.3 is 35.2 Å². The van der Waals surface area contributed by atoms with Crippen molar-refractivity contribution in [2.24, 2.45) is 0 Å². The predicted molar refractivity (Wildman–Crippen MR) is 261 cm³/mol. The van der Waals surface area contributed by atoms with Gasteiger partial charge in [-0.25, -0.2) is 31.4 Å². The number of halogens is 2. The maximum Gasteiger partial charge on any atom is 0.302 e. The van der Waals surface area contributed by atoms with E-state index < -0.39 is 0 Å². The van der Waals surface area contributed by atoms with Crippen LogP contribution in [0.15, 0.2) is 128 Å². The maximum atomic E-state index is 12.5. The van der Waals surface area contributed by atoms with Gasteiger partial charge in [0, 0.05) is 76.7 Å². The number of rotatable bonds is 8. The molecule has 4 aromatic carbocycles. The number of likely N-dealkylation sites (tertiary alicyclic amines) is 2. The zero-order valence-corrected chi connectivity index (χ0v) is 37.3. The van der Waals surface area contributed by atoms with Crippen LogP contribution in [0.4, 0.5) is 11.6 Å². The molecule has 2 amide bonds. The van der Waals surface area contributed by atoms with Crippen molar-refractivity contribution in [3.8, 4) is 33.6 Å². The Bertz CT molecular complexity index is 3270. The highest BCUT2D eigenvalue weighted by Gasteiger charge is 2.24. The predicted octanol–water partition coefficient (Wildman–Crippen LogP) is 9.09. The second kappa shape index (κ2) is 20.2. The second-order valence-corrected chi connectivity index (χ2v) is 16.3. The number of amides is 2. The molecule has 0 atom stereocenters.